The van der Waals surface area contributed by atoms with E-state index in [0.717, 1.165) is 31.3 Å². The van der Waals surface area contributed by atoms with Gasteiger partial charge in [0.2, 0.25) is 5.91 Å². The fourth-order valence-electron chi connectivity index (χ4n) is 2.45. The second-order valence-electron chi connectivity index (χ2n) is 5.14. The molecular formula is C15H17F2N3O. The van der Waals surface area contributed by atoms with Gasteiger partial charge in [0.1, 0.15) is 11.6 Å². The molecule has 0 bridgehead atoms. The molecule has 0 spiro atoms. The van der Waals surface area contributed by atoms with Crippen molar-refractivity contribution in [3.8, 4) is 6.07 Å². The lowest BCUT2D eigenvalue weighted by molar-refractivity contribution is -0.121. The van der Waals surface area contributed by atoms with Crippen LogP contribution in [0.2, 0.25) is 0 Å². The zero-order chi connectivity index (χ0) is 15.2. The average molecular weight is 293 g/mol. The fraction of sp³-hybridized carbons (Fsp3) is 0.467. The third-order valence-corrected chi connectivity index (χ3v) is 3.68. The molecule has 1 N–H and O–H groups in total. The van der Waals surface area contributed by atoms with Gasteiger partial charge in [0.25, 0.3) is 0 Å². The maximum Gasteiger partial charge on any atom is 0.227 e. The normalized spacial score (nSPS) is 16.4. The summed E-state index contributed by atoms with van der Waals surface area (Å²) in [4.78, 5) is 14.2. The summed E-state index contributed by atoms with van der Waals surface area (Å²) in [5, 5.41) is 11.0. The van der Waals surface area contributed by atoms with Gasteiger partial charge in [-0.15, -0.1) is 0 Å². The van der Waals surface area contributed by atoms with Crippen LogP contribution in [0.1, 0.15) is 19.3 Å². The van der Waals surface area contributed by atoms with Gasteiger partial charge in [0.05, 0.1) is 11.8 Å². The number of hydrogen-bond acceptors (Lipinski definition) is 3. The van der Waals surface area contributed by atoms with Crippen LogP contribution < -0.4 is 5.32 Å². The second kappa shape index (κ2) is 7.14. The van der Waals surface area contributed by atoms with Gasteiger partial charge >= 0.3 is 0 Å². The van der Waals surface area contributed by atoms with Gasteiger partial charge in [0.15, 0.2) is 0 Å². The third kappa shape index (κ3) is 4.23. The number of nitrogens with zero attached hydrogens (tertiary/aromatic N) is 2. The number of piperidine rings is 1. The summed E-state index contributed by atoms with van der Waals surface area (Å²) < 4.78 is 26.5. The van der Waals surface area contributed by atoms with E-state index in [1.165, 1.54) is 0 Å². The molecule has 0 aromatic heterocycles. The van der Waals surface area contributed by atoms with Crippen LogP contribution in [-0.2, 0) is 4.79 Å². The molecule has 1 heterocycles. The molecule has 1 amide bonds. The van der Waals surface area contributed by atoms with E-state index in [9.17, 15) is 13.6 Å². The SMILES string of the molecule is N#CCCN1CCC(C(=O)Nc2cc(F)ccc2F)CC1. The first-order valence-corrected chi connectivity index (χ1v) is 6.95. The van der Waals surface area contributed by atoms with Crippen molar-refractivity contribution in [2.75, 3.05) is 25.0 Å². The molecule has 1 fully saturated rings. The number of carbonyl (C=O) groups excluding carboxylic acids is 1. The summed E-state index contributed by atoms with van der Waals surface area (Å²) in [6, 6.07) is 5.08. The van der Waals surface area contributed by atoms with Crippen molar-refractivity contribution in [2.24, 2.45) is 5.92 Å². The Labute approximate surface area is 122 Å². The molecule has 1 aromatic rings. The van der Waals surface area contributed by atoms with Gasteiger partial charge in [-0.05, 0) is 38.1 Å². The number of rotatable bonds is 4. The summed E-state index contributed by atoms with van der Waals surface area (Å²) in [7, 11) is 0. The minimum Gasteiger partial charge on any atom is -0.323 e. The first kappa shape index (κ1) is 15.4. The van der Waals surface area contributed by atoms with E-state index in [-0.39, 0.29) is 17.5 Å². The van der Waals surface area contributed by atoms with Crippen molar-refractivity contribution in [3.05, 3.63) is 29.8 Å². The Morgan fingerprint density at radius 2 is 2.10 bits per heavy atom. The summed E-state index contributed by atoms with van der Waals surface area (Å²) in [6.45, 7) is 2.19. The monoisotopic (exact) mass is 293 g/mol. The Morgan fingerprint density at radius 3 is 2.76 bits per heavy atom. The average Bonchev–Trinajstić information content (AvgIpc) is 2.49. The summed E-state index contributed by atoms with van der Waals surface area (Å²) >= 11 is 0. The molecule has 1 saturated heterocycles. The van der Waals surface area contributed by atoms with Gasteiger partial charge in [-0.25, -0.2) is 8.78 Å². The van der Waals surface area contributed by atoms with E-state index >= 15 is 0 Å². The van der Waals surface area contributed by atoms with Crippen LogP contribution in [-0.4, -0.2) is 30.4 Å². The Balaban J connectivity index is 1.88. The highest BCUT2D eigenvalue weighted by Gasteiger charge is 2.25. The number of likely N-dealkylation sites (tertiary alicyclic amines) is 1. The van der Waals surface area contributed by atoms with E-state index in [1.807, 2.05) is 0 Å². The van der Waals surface area contributed by atoms with E-state index < -0.39 is 11.6 Å². The molecule has 6 heteroatoms. The largest absolute Gasteiger partial charge is 0.323 e. The van der Waals surface area contributed by atoms with Crippen molar-refractivity contribution in [1.82, 2.24) is 4.90 Å². The summed E-state index contributed by atoms with van der Waals surface area (Å²) in [6.07, 6.45) is 1.80. The number of nitrogens with one attached hydrogen (secondary N) is 1. The number of hydrogen-bond donors (Lipinski definition) is 1. The van der Waals surface area contributed by atoms with Gasteiger partial charge in [-0.2, -0.15) is 5.26 Å². The highest BCUT2D eigenvalue weighted by Crippen LogP contribution is 2.21. The number of nitriles is 1. The van der Waals surface area contributed by atoms with Gasteiger partial charge in [-0.1, -0.05) is 0 Å². The number of amides is 1. The molecule has 0 atom stereocenters. The van der Waals surface area contributed by atoms with E-state index in [1.54, 1.807) is 0 Å². The predicted octanol–water partition coefficient (Wildman–Crippen LogP) is 2.53. The third-order valence-electron chi connectivity index (χ3n) is 3.68. The Morgan fingerprint density at radius 1 is 1.38 bits per heavy atom. The van der Waals surface area contributed by atoms with E-state index in [2.05, 4.69) is 16.3 Å². The maximum atomic E-state index is 13.5. The molecule has 4 nitrogen and oxygen atoms in total. The molecule has 0 saturated carbocycles. The van der Waals surface area contributed by atoms with Crippen LogP contribution in [0, 0.1) is 28.9 Å². The van der Waals surface area contributed by atoms with E-state index in [0.29, 0.717) is 25.8 Å². The van der Waals surface area contributed by atoms with Gasteiger partial charge in [-0.3, -0.25) is 4.79 Å². The second-order valence-corrected chi connectivity index (χ2v) is 5.14. The molecule has 21 heavy (non-hydrogen) atoms. The molecule has 1 aliphatic heterocycles. The van der Waals surface area contributed by atoms with Crippen LogP contribution in [0.15, 0.2) is 18.2 Å². The van der Waals surface area contributed by atoms with Crippen molar-refractivity contribution in [1.29, 1.82) is 5.26 Å². The topological polar surface area (TPSA) is 56.1 Å². The van der Waals surface area contributed by atoms with Crippen molar-refractivity contribution in [3.63, 3.8) is 0 Å². The number of carbonyl (C=O) groups is 1. The zero-order valence-electron chi connectivity index (χ0n) is 11.6. The van der Waals surface area contributed by atoms with E-state index in [4.69, 9.17) is 5.26 Å². The Kier molecular flexibility index (Phi) is 5.23. The Hall–Kier alpha value is -2.00. The predicted molar refractivity (Wildman–Crippen MR) is 74.4 cm³/mol. The lowest BCUT2D eigenvalue weighted by Crippen LogP contribution is -2.38. The molecule has 1 aliphatic rings. The summed E-state index contributed by atoms with van der Waals surface area (Å²) in [5.41, 5.74) is -0.119. The van der Waals surface area contributed by atoms with Crippen LogP contribution >= 0.6 is 0 Å². The zero-order valence-corrected chi connectivity index (χ0v) is 11.6. The minimum absolute atomic E-state index is 0.119. The fourth-order valence-corrected chi connectivity index (χ4v) is 2.45. The highest BCUT2D eigenvalue weighted by molar-refractivity contribution is 5.92. The van der Waals surface area contributed by atoms with Crippen molar-refractivity contribution < 1.29 is 13.6 Å². The van der Waals surface area contributed by atoms with Crippen LogP contribution in [0.25, 0.3) is 0 Å². The van der Waals surface area contributed by atoms with Gasteiger partial charge in [0, 0.05) is 24.9 Å². The number of anilines is 1. The minimum atomic E-state index is -0.642. The lowest BCUT2D eigenvalue weighted by Gasteiger charge is -2.30. The molecular weight excluding hydrogens is 276 g/mol. The van der Waals surface area contributed by atoms with Gasteiger partial charge < -0.3 is 10.2 Å². The van der Waals surface area contributed by atoms with Crippen molar-refractivity contribution >= 4 is 11.6 Å². The summed E-state index contributed by atoms with van der Waals surface area (Å²) in [5.74, 6) is -1.71. The molecule has 112 valence electrons. The maximum absolute atomic E-state index is 13.5. The number of halogens is 2. The lowest BCUT2D eigenvalue weighted by atomic mass is 9.95. The molecule has 1 aromatic carbocycles. The highest BCUT2D eigenvalue weighted by atomic mass is 19.1. The van der Waals surface area contributed by atoms with Crippen LogP contribution in [0.4, 0.5) is 14.5 Å². The Bertz CT molecular complexity index is 548. The smallest absolute Gasteiger partial charge is 0.227 e. The standard InChI is InChI=1S/C15H17F2N3O/c16-12-2-3-13(17)14(10-12)19-15(21)11-4-8-20(9-5-11)7-1-6-18/h2-3,10-11H,1,4-5,7-9H2,(H,19,21). The molecule has 0 aliphatic carbocycles. The number of benzene rings is 1. The quantitative estimate of drug-likeness (QED) is 0.928. The first-order chi connectivity index (χ1) is 10.1. The molecule has 0 unspecified atom stereocenters. The van der Waals surface area contributed by atoms with Crippen LogP contribution in [0.3, 0.4) is 0 Å². The first-order valence-electron chi connectivity index (χ1n) is 6.95. The molecule has 0 radical (unpaired) electrons. The van der Waals surface area contributed by atoms with Crippen molar-refractivity contribution in [2.45, 2.75) is 19.3 Å². The van der Waals surface area contributed by atoms with Crippen LogP contribution in [0.5, 0.6) is 0 Å². The molecule has 2 rings (SSSR count).